The van der Waals surface area contributed by atoms with Gasteiger partial charge in [-0.3, -0.25) is 4.79 Å². The number of hydrogen-bond acceptors (Lipinski definition) is 7. The molecule has 0 radical (unpaired) electrons. The highest BCUT2D eigenvalue weighted by Crippen LogP contribution is 2.21. The molecule has 0 saturated carbocycles. The van der Waals surface area contributed by atoms with Crippen LogP contribution in [0.15, 0.2) is 24.3 Å². The van der Waals surface area contributed by atoms with Crippen molar-refractivity contribution in [2.75, 3.05) is 20.8 Å². The van der Waals surface area contributed by atoms with Crippen molar-refractivity contribution >= 4 is 11.9 Å². The average molecular weight is 495 g/mol. The molecule has 1 amide bonds. The summed E-state index contributed by atoms with van der Waals surface area (Å²) in [6.45, 7) is 13.5. The third-order valence-corrected chi connectivity index (χ3v) is 5.16. The lowest BCUT2D eigenvalue weighted by atomic mass is 10.0. The number of carbonyl (C=O) groups is 2. The van der Waals surface area contributed by atoms with Crippen molar-refractivity contribution in [1.29, 1.82) is 0 Å². The summed E-state index contributed by atoms with van der Waals surface area (Å²) in [6.07, 6.45) is 1.69. The number of amides is 1. The number of ether oxygens (including phenoxy) is 4. The van der Waals surface area contributed by atoms with Gasteiger partial charge in [0.25, 0.3) is 0 Å². The third kappa shape index (κ3) is 11.4. The molecule has 0 unspecified atom stereocenters. The zero-order valence-corrected chi connectivity index (χ0v) is 23.1. The van der Waals surface area contributed by atoms with Crippen molar-refractivity contribution in [3.05, 3.63) is 29.8 Å². The van der Waals surface area contributed by atoms with Crippen molar-refractivity contribution < 1.29 is 28.5 Å². The summed E-state index contributed by atoms with van der Waals surface area (Å²) in [7, 11) is 2.99. The Morgan fingerprint density at radius 2 is 1.54 bits per heavy atom. The van der Waals surface area contributed by atoms with Crippen molar-refractivity contribution in [1.82, 2.24) is 4.90 Å². The van der Waals surface area contributed by atoms with Crippen LogP contribution in [0.5, 0.6) is 5.75 Å². The van der Waals surface area contributed by atoms with Crippen molar-refractivity contribution in [3.63, 3.8) is 0 Å². The normalized spacial score (nSPS) is 13.9. The van der Waals surface area contributed by atoms with Crippen LogP contribution in [0.25, 0.3) is 0 Å². The monoisotopic (exact) mass is 494 g/mol. The van der Waals surface area contributed by atoms with Gasteiger partial charge in [-0.1, -0.05) is 31.9 Å². The SMILES string of the molecule is CCCC[C@@H](C(=O)OC(C)(C)C)N(CC(OC)OC)C(=O)[C@@H](N)Cc1ccc(OC(C)(C)C)cc1. The lowest BCUT2D eigenvalue weighted by Gasteiger charge is -2.35. The van der Waals surface area contributed by atoms with Crippen LogP contribution in [0.1, 0.15) is 73.3 Å². The van der Waals surface area contributed by atoms with Gasteiger partial charge in [0.15, 0.2) is 6.29 Å². The Labute approximate surface area is 211 Å². The molecule has 1 rings (SSSR count). The minimum Gasteiger partial charge on any atom is -0.488 e. The number of hydrogen-bond donors (Lipinski definition) is 1. The van der Waals surface area contributed by atoms with Gasteiger partial charge < -0.3 is 29.6 Å². The number of methoxy groups -OCH3 is 2. The first-order chi connectivity index (χ1) is 16.2. The predicted molar refractivity (Wildman–Crippen MR) is 137 cm³/mol. The molecule has 8 nitrogen and oxygen atoms in total. The number of nitrogens with zero attached hydrogens (tertiary/aromatic N) is 1. The number of esters is 1. The minimum atomic E-state index is -0.856. The van der Waals surface area contributed by atoms with E-state index in [0.29, 0.717) is 12.8 Å². The van der Waals surface area contributed by atoms with Gasteiger partial charge in [-0.15, -0.1) is 0 Å². The summed E-state index contributed by atoms with van der Waals surface area (Å²) in [5.74, 6) is -0.0671. The van der Waals surface area contributed by atoms with E-state index in [4.69, 9.17) is 24.7 Å². The van der Waals surface area contributed by atoms with Gasteiger partial charge in [0.1, 0.15) is 23.0 Å². The molecule has 0 saturated heterocycles. The van der Waals surface area contributed by atoms with Crippen LogP contribution in [0.4, 0.5) is 0 Å². The number of carbonyl (C=O) groups excluding carboxylic acids is 2. The third-order valence-electron chi connectivity index (χ3n) is 5.16. The molecule has 0 aromatic heterocycles. The fourth-order valence-electron chi connectivity index (χ4n) is 3.55. The quantitative estimate of drug-likeness (QED) is 0.326. The summed E-state index contributed by atoms with van der Waals surface area (Å²) in [4.78, 5) is 28.2. The van der Waals surface area contributed by atoms with Crippen molar-refractivity contribution in [2.24, 2.45) is 5.73 Å². The molecule has 200 valence electrons. The Hall–Kier alpha value is -2.16. The van der Waals surface area contributed by atoms with E-state index in [1.807, 2.05) is 52.0 Å². The smallest absolute Gasteiger partial charge is 0.329 e. The van der Waals surface area contributed by atoms with Crippen molar-refractivity contribution in [3.8, 4) is 5.75 Å². The molecule has 0 spiro atoms. The molecule has 0 fully saturated rings. The van der Waals surface area contributed by atoms with Gasteiger partial charge in [0.2, 0.25) is 5.91 Å². The van der Waals surface area contributed by atoms with E-state index in [1.165, 1.54) is 19.1 Å². The zero-order valence-electron chi connectivity index (χ0n) is 23.1. The molecule has 1 aromatic carbocycles. The van der Waals surface area contributed by atoms with E-state index in [9.17, 15) is 9.59 Å². The van der Waals surface area contributed by atoms with Crippen LogP contribution in [-0.4, -0.2) is 67.1 Å². The Balaban J connectivity index is 3.15. The maximum atomic E-state index is 13.6. The van der Waals surface area contributed by atoms with E-state index < -0.39 is 29.9 Å². The van der Waals surface area contributed by atoms with E-state index in [-0.39, 0.29) is 18.1 Å². The first-order valence-corrected chi connectivity index (χ1v) is 12.3. The highest BCUT2D eigenvalue weighted by Gasteiger charge is 2.36. The molecule has 0 aliphatic rings. The van der Waals surface area contributed by atoms with Crippen LogP contribution in [0.2, 0.25) is 0 Å². The maximum absolute atomic E-state index is 13.6. The fourth-order valence-corrected chi connectivity index (χ4v) is 3.55. The summed E-state index contributed by atoms with van der Waals surface area (Å²) in [5.41, 5.74) is 6.29. The molecule has 35 heavy (non-hydrogen) atoms. The van der Waals surface area contributed by atoms with Gasteiger partial charge in [0, 0.05) is 14.2 Å². The highest BCUT2D eigenvalue weighted by molar-refractivity contribution is 5.88. The van der Waals surface area contributed by atoms with Gasteiger partial charge in [-0.2, -0.15) is 0 Å². The second-order valence-electron chi connectivity index (χ2n) is 10.8. The molecule has 0 aliphatic heterocycles. The topological polar surface area (TPSA) is 100 Å². The van der Waals surface area contributed by atoms with Crippen LogP contribution < -0.4 is 10.5 Å². The largest absolute Gasteiger partial charge is 0.488 e. The molecule has 2 atom stereocenters. The molecule has 0 heterocycles. The van der Waals surface area contributed by atoms with Gasteiger partial charge in [0.05, 0.1) is 12.6 Å². The summed E-state index contributed by atoms with van der Waals surface area (Å²) < 4.78 is 22.2. The van der Waals surface area contributed by atoms with Crippen LogP contribution >= 0.6 is 0 Å². The average Bonchev–Trinajstić information content (AvgIpc) is 2.74. The molecule has 8 heteroatoms. The zero-order chi connectivity index (χ0) is 26.8. The number of nitrogens with two attached hydrogens (primary N) is 1. The molecule has 1 aromatic rings. The van der Waals surface area contributed by atoms with Crippen LogP contribution in [-0.2, 0) is 30.2 Å². The maximum Gasteiger partial charge on any atom is 0.329 e. The second-order valence-corrected chi connectivity index (χ2v) is 10.8. The first kappa shape index (κ1) is 30.9. The number of unbranched alkanes of at least 4 members (excludes halogenated alkanes) is 1. The Morgan fingerprint density at radius 1 is 0.971 bits per heavy atom. The Morgan fingerprint density at radius 3 is 2.00 bits per heavy atom. The van der Waals surface area contributed by atoms with Crippen molar-refractivity contribution in [2.45, 2.75) is 104 Å². The predicted octanol–water partition coefficient (Wildman–Crippen LogP) is 4.08. The van der Waals surface area contributed by atoms with Crippen LogP contribution in [0.3, 0.4) is 0 Å². The Bertz CT molecular complexity index is 778. The minimum absolute atomic E-state index is 0.0610. The molecular weight excluding hydrogens is 448 g/mol. The molecule has 0 bridgehead atoms. The van der Waals surface area contributed by atoms with Gasteiger partial charge in [-0.05, 0) is 72.1 Å². The number of rotatable bonds is 13. The lowest BCUT2D eigenvalue weighted by molar-refractivity contribution is -0.172. The highest BCUT2D eigenvalue weighted by atomic mass is 16.7. The molecule has 2 N–H and O–H groups in total. The summed E-state index contributed by atoms with van der Waals surface area (Å²) in [6, 6.07) is 5.88. The lowest BCUT2D eigenvalue weighted by Crippen LogP contribution is -2.55. The Kier molecular flexibility index (Phi) is 12.2. The van der Waals surface area contributed by atoms with E-state index in [0.717, 1.165) is 24.2 Å². The summed E-state index contributed by atoms with van der Waals surface area (Å²) in [5, 5.41) is 0. The summed E-state index contributed by atoms with van der Waals surface area (Å²) >= 11 is 0. The second kappa shape index (κ2) is 13.8. The fraction of sp³-hybridized carbons (Fsp3) is 0.704. The number of benzene rings is 1. The van der Waals surface area contributed by atoms with Gasteiger partial charge >= 0.3 is 5.97 Å². The van der Waals surface area contributed by atoms with E-state index in [2.05, 4.69) is 0 Å². The molecule has 0 aliphatic carbocycles. The molecular formula is C27H46N2O6. The van der Waals surface area contributed by atoms with Gasteiger partial charge in [-0.25, -0.2) is 4.79 Å². The van der Waals surface area contributed by atoms with Crippen LogP contribution in [0, 0.1) is 0 Å². The van der Waals surface area contributed by atoms with E-state index in [1.54, 1.807) is 20.8 Å². The van der Waals surface area contributed by atoms with E-state index >= 15 is 0 Å². The standard InChI is InChI=1S/C27H46N2O6/c1-10-11-12-22(25(31)35-27(5,6)7)29(18-23(32-8)33-9)24(30)21(28)17-19-13-15-20(16-14-19)34-26(2,3)4/h13-16,21-23H,10-12,17-18,28H2,1-9H3/t21-,22-/m0/s1. The first-order valence-electron chi connectivity index (χ1n) is 12.3.